The Kier molecular flexibility index (Phi) is 4.59. The van der Waals surface area contributed by atoms with E-state index in [4.69, 9.17) is 4.74 Å². The molecular formula is C14H26O3. The Morgan fingerprint density at radius 1 is 1.35 bits per heavy atom. The molecule has 0 aliphatic heterocycles. The van der Waals surface area contributed by atoms with Crippen LogP contribution in [0.3, 0.4) is 0 Å². The normalized spacial score (nSPS) is 30.2. The monoisotopic (exact) mass is 242 g/mol. The highest BCUT2D eigenvalue weighted by Gasteiger charge is 2.44. The van der Waals surface area contributed by atoms with Crippen LogP contribution >= 0.6 is 0 Å². The van der Waals surface area contributed by atoms with E-state index in [1.54, 1.807) is 0 Å². The number of hydrogen-bond donors (Lipinski definition) is 1. The van der Waals surface area contributed by atoms with Crippen LogP contribution in [0.1, 0.15) is 53.4 Å². The van der Waals surface area contributed by atoms with Gasteiger partial charge in [0, 0.05) is 6.61 Å². The van der Waals surface area contributed by atoms with E-state index >= 15 is 0 Å². The lowest BCUT2D eigenvalue weighted by Crippen LogP contribution is -2.41. The molecule has 0 aromatic heterocycles. The number of rotatable bonds is 4. The SMILES string of the molecule is CCOCC1(C(=O)O)CCC(C(C)(C)C)CC1. The van der Waals surface area contributed by atoms with E-state index in [9.17, 15) is 9.90 Å². The molecule has 0 heterocycles. The van der Waals surface area contributed by atoms with Crippen LogP contribution in [0, 0.1) is 16.7 Å². The van der Waals surface area contributed by atoms with Gasteiger partial charge in [0.15, 0.2) is 0 Å². The minimum absolute atomic E-state index is 0.288. The Hall–Kier alpha value is -0.570. The van der Waals surface area contributed by atoms with Crippen LogP contribution in [-0.4, -0.2) is 24.3 Å². The summed E-state index contributed by atoms with van der Waals surface area (Å²) in [7, 11) is 0. The van der Waals surface area contributed by atoms with Gasteiger partial charge in [-0.15, -0.1) is 0 Å². The van der Waals surface area contributed by atoms with Gasteiger partial charge in [-0.1, -0.05) is 20.8 Å². The summed E-state index contributed by atoms with van der Waals surface area (Å²) in [6.07, 6.45) is 3.51. The molecule has 0 aromatic carbocycles. The zero-order valence-corrected chi connectivity index (χ0v) is 11.6. The zero-order valence-electron chi connectivity index (χ0n) is 11.6. The van der Waals surface area contributed by atoms with Crippen molar-refractivity contribution in [2.24, 2.45) is 16.7 Å². The summed E-state index contributed by atoms with van der Waals surface area (Å²) >= 11 is 0. The fourth-order valence-corrected chi connectivity index (χ4v) is 2.75. The first-order valence-electron chi connectivity index (χ1n) is 6.63. The van der Waals surface area contributed by atoms with Gasteiger partial charge in [0.1, 0.15) is 0 Å². The second kappa shape index (κ2) is 5.38. The van der Waals surface area contributed by atoms with Crippen molar-refractivity contribution in [3.63, 3.8) is 0 Å². The minimum Gasteiger partial charge on any atom is -0.481 e. The third kappa shape index (κ3) is 3.44. The Morgan fingerprint density at radius 3 is 2.24 bits per heavy atom. The second-order valence-electron chi connectivity index (χ2n) is 6.36. The lowest BCUT2D eigenvalue weighted by atomic mass is 9.64. The van der Waals surface area contributed by atoms with Gasteiger partial charge < -0.3 is 9.84 Å². The number of hydrogen-bond acceptors (Lipinski definition) is 2. The van der Waals surface area contributed by atoms with Crippen molar-refractivity contribution in [2.75, 3.05) is 13.2 Å². The molecule has 3 nitrogen and oxygen atoms in total. The zero-order chi connectivity index (χ0) is 13.1. The molecule has 0 bridgehead atoms. The van der Waals surface area contributed by atoms with Crippen LogP contribution in [-0.2, 0) is 9.53 Å². The average molecular weight is 242 g/mol. The highest BCUT2D eigenvalue weighted by Crippen LogP contribution is 2.45. The van der Waals surface area contributed by atoms with Crippen LogP contribution < -0.4 is 0 Å². The fraction of sp³-hybridized carbons (Fsp3) is 0.929. The van der Waals surface area contributed by atoms with Gasteiger partial charge in [-0.2, -0.15) is 0 Å². The van der Waals surface area contributed by atoms with E-state index < -0.39 is 11.4 Å². The Morgan fingerprint density at radius 2 is 1.88 bits per heavy atom. The number of carbonyl (C=O) groups is 1. The van der Waals surface area contributed by atoms with Crippen molar-refractivity contribution in [2.45, 2.75) is 53.4 Å². The minimum atomic E-state index is -0.682. The third-order valence-electron chi connectivity index (χ3n) is 4.20. The van der Waals surface area contributed by atoms with Crippen LogP contribution in [0.25, 0.3) is 0 Å². The van der Waals surface area contributed by atoms with E-state index in [0.717, 1.165) is 25.7 Å². The standard InChI is InChI=1S/C14H26O3/c1-5-17-10-14(12(15)16)8-6-11(7-9-14)13(2,3)4/h11H,5-10H2,1-4H3,(H,15,16). The summed E-state index contributed by atoms with van der Waals surface area (Å²) < 4.78 is 5.38. The first kappa shape index (κ1) is 14.5. The number of aliphatic carboxylic acids is 1. The van der Waals surface area contributed by atoms with Gasteiger partial charge in [-0.05, 0) is 43.9 Å². The fourth-order valence-electron chi connectivity index (χ4n) is 2.75. The second-order valence-corrected chi connectivity index (χ2v) is 6.36. The van der Waals surface area contributed by atoms with Gasteiger partial charge in [-0.3, -0.25) is 4.79 Å². The van der Waals surface area contributed by atoms with Gasteiger partial charge in [0.2, 0.25) is 0 Å². The molecule has 0 atom stereocenters. The first-order chi connectivity index (χ1) is 7.82. The summed E-state index contributed by atoms with van der Waals surface area (Å²) in [4.78, 5) is 11.5. The number of carboxylic acid groups (broad SMARTS) is 1. The van der Waals surface area contributed by atoms with Crippen LogP contribution in [0.5, 0.6) is 0 Å². The van der Waals surface area contributed by atoms with Gasteiger partial charge >= 0.3 is 5.97 Å². The molecule has 1 aliphatic rings. The predicted molar refractivity (Wildman–Crippen MR) is 68.0 cm³/mol. The van der Waals surface area contributed by atoms with Crippen LogP contribution in [0.15, 0.2) is 0 Å². The van der Waals surface area contributed by atoms with E-state index in [-0.39, 0.29) is 5.41 Å². The quantitative estimate of drug-likeness (QED) is 0.822. The third-order valence-corrected chi connectivity index (χ3v) is 4.20. The molecular weight excluding hydrogens is 216 g/mol. The topological polar surface area (TPSA) is 46.5 Å². The molecule has 0 unspecified atom stereocenters. The molecule has 1 aliphatic carbocycles. The van der Waals surface area contributed by atoms with Gasteiger partial charge in [0.25, 0.3) is 0 Å². The molecule has 0 aromatic rings. The van der Waals surface area contributed by atoms with Gasteiger partial charge in [0.05, 0.1) is 12.0 Å². The summed E-state index contributed by atoms with van der Waals surface area (Å²) in [6, 6.07) is 0. The van der Waals surface area contributed by atoms with Crippen molar-refractivity contribution < 1.29 is 14.6 Å². The summed E-state index contributed by atoms with van der Waals surface area (Å²) in [5.41, 5.74) is -0.339. The number of carboxylic acids is 1. The maximum absolute atomic E-state index is 11.5. The Balaban J connectivity index is 2.64. The molecule has 1 fully saturated rings. The smallest absolute Gasteiger partial charge is 0.311 e. The molecule has 0 saturated heterocycles. The summed E-state index contributed by atoms with van der Waals surface area (Å²) in [5, 5.41) is 9.42. The molecule has 0 amide bonds. The highest BCUT2D eigenvalue weighted by molar-refractivity contribution is 5.75. The van der Waals surface area contributed by atoms with Crippen molar-refractivity contribution in [1.82, 2.24) is 0 Å². The first-order valence-corrected chi connectivity index (χ1v) is 6.63. The van der Waals surface area contributed by atoms with E-state index in [0.29, 0.717) is 19.1 Å². The maximum Gasteiger partial charge on any atom is 0.311 e. The van der Waals surface area contributed by atoms with Crippen molar-refractivity contribution in [3.8, 4) is 0 Å². The van der Waals surface area contributed by atoms with Crippen LogP contribution in [0.4, 0.5) is 0 Å². The Bertz CT molecular complexity index is 257. The average Bonchev–Trinajstić information content (AvgIpc) is 2.25. The van der Waals surface area contributed by atoms with Crippen molar-refractivity contribution in [3.05, 3.63) is 0 Å². The highest BCUT2D eigenvalue weighted by atomic mass is 16.5. The van der Waals surface area contributed by atoms with Crippen molar-refractivity contribution in [1.29, 1.82) is 0 Å². The lowest BCUT2D eigenvalue weighted by Gasteiger charge is -2.41. The summed E-state index contributed by atoms with van der Waals surface area (Å²) in [5.74, 6) is -0.0464. The molecule has 100 valence electrons. The molecule has 0 spiro atoms. The van der Waals surface area contributed by atoms with Gasteiger partial charge in [-0.25, -0.2) is 0 Å². The molecule has 1 N–H and O–H groups in total. The van der Waals surface area contributed by atoms with E-state index in [1.165, 1.54) is 0 Å². The number of ether oxygens (including phenoxy) is 1. The van der Waals surface area contributed by atoms with E-state index in [2.05, 4.69) is 20.8 Å². The van der Waals surface area contributed by atoms with Crippen molar-refractivity contribution >= 4 is 5.97 Å². The molecule has 17 heavy (non-hydrogen) atoms. The Labute approximate surface area is 105 Å². The molecule has 1 rings (SSSR count). The van der Waals surface area contributed by atoms with Crippen LogP contribution in [0.2, 0.25) is 0 Å². The molecule has 3 heteroatoms. The molecule has 0 radical (unpaired) electrons. The maximum atomic E-state index is 11.5. The van der Waals surface area contributed by atoms with E-state index in [1.807, 2.05) is 6.92 Å². The summed E-state index contributed by atoms with van der Waals surface area (Å²) in [6.45, 7) is 9.61. The largest absolute Gasteiger partial charge is 0.481 e. The molecule has 1 saturated carbocycles. The predicted octanol–water partition coefficient (Wildman–Crippen LogP) is 3.33. The lowest BCUT2D eigenvalue weighted by molar-refractivity contribution is -0.157.